The SMILES string of the molecule is [C-]#[N+]c1cnc(Nc2cc(-c3c(OC)cc(N(Cc4ccccc4)C(=O)OC(C)(C)C)cc3OC)[nH]n2)cn1. The van der Waals surface area contributed by atoms with Crippen molar-refractivity contribution in [1.29, 1.82) is 0 Å². The summed E-state index contributed by atoms with van der Waals surface area (Å²) in [5.41, 5.74) is 2.01. The maximum absolute atomic E-state index is 13.3. The molecule has 0 atom stereocenters. The fourth-order valence-corrected chi connectivity index (χ4v) is 3.75. The van der Waals surface area contributed by atoms with Crippen LogP contribution in [0, 0.1) is 6.57 Å². The second-order valence-corrected chi connectivity index (χ2v) is 9.44. The number of nitrogens with zero attached hydrogens (tertiary/aromatic N) is 5. The number of carbonyl (C=O) groups is 1. The first-order valence-electron chi connectivity index (χ1n) is 12.0. The van der Waals surface area contributed by atoms with Gasteiger partial charge in [0, 0.05) is 18.2 Å². The van der Waals surface area contributed by atoms with E-state index in [0.29, 0.717) is 40.1 Å². The van der Waals surface area contributed by atoms with Crippen LogP contribution in [0.25, 0.3) is 16.1 Å². The first kappa shape index (κ1) is 26.9. The highest BCUT2D eigenvalue weighted by molar-refractivity contribution is 5.90. The molecule has 39 heavy (non-hydrogen) atoms. The third kappa shape index (κ3) is 6.61. The van der Waals surface area contributed by atoms with Gasteiger partial charge in [-0.05, 0) is 26.3 Å². The van der Waals surface area contributed by atoms with Crippen LogP contribution >= 0.6 is 0 Å². The molecule has 200 valence electrons. The van der Waals surface area contributed by atoms with Crippen molar-refractivity contribution in [3.8, 4) is 22.8 Å². The Hall–Kier alpha value is -5.11. The van der Waals surface area contributed by atoms with Gasteiger partial charge in [0.15, 0.2) is 17.8 Å². The molecule has 4 rings (SSSR count). The quantitative estimate of drug-likeness (QED) is 0.263. The molecular weight excluding hydrogens is 498 g/mol. The van der Waals surface area contributed by atoms with Crippen LogP contribution in [-0.2, 0) is 11.3 Å². The molecule has 0 spiro atoms. The Morgan fingerprint density at radius 3 is 2.28 bits per heavy atom. The lowest BCUT2D eigenvalue weighted by Crippen LogP contribution is -2.36. The highest BCUT2D eigenvalue weighted by Gasteiger charge is 2.27. The van der Waals surface area contributed by atoms with Gasteiger partial charge in [0.1, 0.15) is 17.1 Å². The number of anilines is 3. The predicted molar refractivity (Wildman–Crippen MR) is 148 cm³/mol. The first-order chi connectivity index (χ1) is 18.7. The van der Waals surface area contributed by atoms with E-state index in [0.717, 1.165) is 5.56 Å². The Kier molecular flexibility index (Phi) is 7.96. The van der Waals surface area contributed by atoms with E-state index in [-0.39, 0.29) is 12.4 Å². The molecule has 2 aromatic carbocycles. The van der Waals surface area contributed by atoms with Gasteiger partial charge < -0.3 is 24.4 Å². The average Bonchev–Trinajstić information content (AvgIpc) is 3.38. The lowest BCUT2D eigenvalue weighted by Gasteiger charge is -2.28. The van der Waals surface area contributed by atoms with Gasteiger partial charge in [-0.1, -0.05) is 36.9 Å². The summed E-state index contributed by atoms with van der Waals surface area (Å²) in [7, 11) is 3.09. The van der Waals surface area contributed by atoms with E-state index < -0.39 is 11.7 Å². The van der Waals surface area contributed by atoms with Crippen LogP contribution in [0.5, 0.6) is 11.5 Å². The molecule has 2 N–H and O–H groups in total. The van der Waals surface area contributed by atoms with Gasteiger partial charge in [-0.15, -0.1) is 4.98 Å². The van der Waals surface area contributed by atoms with Crippen LogP contribution in [0.3, 0.4) is 0 Å². The molecule has 2 heterocycles. The van der Waals surface area contributed by atoms with E-state index in [2.05, 4.69) is 30.3 Å². The maximum atomic E-state index is 13.3. The zero-order chi connectivity index (χ0) is 28.0. The first-order valence-corrected chi connectivity index (χ1v) is 12.0. The largest absolute Gasteiger partial charge is 0.496 e. The molecule has 1 amide bonds. The van der Waals surface area contributed by atoms with Gasteiger partial charge in [-0.25, -0.2) is 9.78 Å². The third-order valence-corrected chi connectivity index (χ3v) is 5.46. The van der Waals surface area contributed by atoms with E-state index in [1.165, 1.54) is 12.4 Å². The number of ether oxygens (including phenoxy) is 3. The Labute approximate surface area is 226 Å². The van der Waals surface area contributed by atoms with Gasteiger partial charge in [0.2, 0.25) is 0 Å². The molecule has 11 heteroatoms. The minimum Gasteiger partial charge on any atom is -0.496 e. The van der Waals surface area contributed by atoms with E-state index in [1.807, 2.05) is 51.1 Å². The van der Waals surface area contributed by atoms with Gasteiger partial charge in [-0.2, -0.15) is 5.10 Å². The summed E-state index contributed by atoms with van der Waals surface area (Å²) in [4.78, 5) is 26.3. The minimum absolute atomic E-state index is 0.200. The summed E-state index contributed by atoms with van der Waals surface area (Å²) in [6, 6.07) is 14.9. The van der Waals surface area contributed by atoms with E-state index in [4.69, 9.17) is 20.8 Å². The summed E-state index contributed by atoms with van der Waals surface area (Å²) in [5.74, 6) is 2.03. The second kappa shape index (κ2) is 11.5. The maximum Gasteiger partial charge on any atom is 0.415 e. The lowest BCUT2D eigenvalue weighted by atomic mass is 10.1. The Morgan fingerprint density at radius 1 is 1.03 bits per heavy atom. The lowest BCUT2D eigenvalue weighted by molar-refractivity contribution is 0.0577. The van der Waals surface area contributed by atoms with E-state index >= 15 is 0 Å². The van der Waals surface area contributed by atoms with Crippen molar-refractivity contribution < 1.29 is 19.0 Å². The summed E-state index contributed by atoms with van der Waals surface area (Å²) in [6.45, 7) is 12.8. The highest BCUT2D eigenvalue weighted by Crippen LogP contribution is 2.42. The zero-order valence-electron chi connectivity index (χ0n) is 22.3. The smallest absolute Gasteiger partial charge is 0.415 e. The number of rotatable bonds is 8. The van der Waals surface area contributed by atoms with Crippen LogP contribution < -0.4 is 19.7 Å². The third-order valence-electron chi connectivity index (χ3n) is 5.46. The fourth-order valence-electron chi connectivity index (χ4n) is 3.75. The highest BCUT2D eigenvalue weighted by atomic mass is 16.6. The number of benzene rings is 2. The van der Waals surface area contributed by atoms with Crippen molar-refractivity contribution >= 4 is 29.2 Å². The van der Waals surface area contributed by atoms with Crippen molar-refractivity contribution in [2.24, 2.45) is 0 Å². The summed E-state index contributed by atoms with van der Waals surface area (Å²) >= 11 is 0. The topological polar surface area (TPSA) is 119 Å². The average molecular weight is 528 g/mol. The van der Waals surface area contributed by atoms with Crippen molar-refractivity contribution in [2.45, 2.75) is 32.9 Å². The number of aromatic amines is 1. The van der Waals surface area contributed by atoms with Crippen LogP contribution in [0.15, 0.2) is 60.9 Å². The zero-order valence-corrected chi connectivity index (χ0v) is 22.3. The normalized spacial score (nSPS) is 10.9. The second-order valence-electron chi connectivity index (χ2n) is 9.44. The van der Waals surface area contributed by atoms with E-state index in [1.54, 1.807) is 37.3 Å². The van der Waals surface area contributed by atoms with Crippen molar-refractivity contribution in [2.75, 3.05) is 24.4 Å². The number of carbonyl (C=O) groups excluding carboxylic acids is 1. The van der Waals surface area contributed by atoms with Crippen molar-refractivity contribution in [3.63, 3.8) is 0 Å². The predicted octanol–water partition coefficient (Wildman–Crippen LogP) is 6.12. The minimum atomic E-state index is -0.680. The van der Waals surface area contributed by atoms with Crippen LogP contribution in [-0.4, -0.2) is 46.1 Å². The number of methoxy groups -OCH3 is 2. The molecule has 0 saturated heterocycles. The molecule has 0 aliphatic heterocycles. The number of H-pyrrole nitrogens is 1. The van der Waals surface area contributed by atoms with E-state index in [9.17, 15) is 4.79 Å². The number of hydrogen-bond donors (Lipinski definition) is 2. The molecule has 0 unspecified atom stereocenters. The molecule has 4 aromatic rings. The summed E-state index contributed by atoms with van der Waals surface area (Å²) in [5, 5.41) is 10.3. The van der Waals surface area contributed by atoms with Crippen LogP contribution in [0.4, 0.5) is 27.9 Å². The molecule has 2 aromatic heterocycles. The molecule has 0 radical (unpaired) electrons. The molecule has 0 saturated carbocycles. The van der Waals surface area contributed by atoms with Gasteiger partial charge >= 0.3 is 6.09 Å². The Balaban J connectivity index is 1.70. The number of nitrogens with one attached hydrogen (secondary N) is 2. The fraction of sp³-hybridized carbons (Fsp3) is 0.250. The van der Waals surface area contributed by atoms with Gasteiger partial charge in [0.05, 0.1) is 43.9 Å². The Bertz CT molecular complexity index is 1450. The van der Waals surface area contributed by atoms with Crippen LogP contribution in [0.1, 0.15) is 26.3 Å². The monoisotopic (exact) mass is 527 g/mol. The standard InChI is InChI=1S/C28H29N7O4/c1-28(2,3)39-27(36)35(17-18-10-8-7-9-11-18)19-12-21(37-5)26(22(13-19)38-6)20-14-23(34-33-20)32-25-16-30-24(29-4)15-31-25/h7-16H,17H2,1-3,5-6H3,(H2,31,32,33,34). The summed E-state index contributed by atoms with van der Waals surface area (Å²) < 4.78 is 17.2. The number of hydrogen-bond acceptors (Lipinski definition) is 8. The molecule has 11 nitrogen and oxygen atoms in total. The molecule has 0 aliphatic rings. The van der Waals surface area contributed by atoms with Gasteiger partial charge in [-0.3, -0.25) is 10.00 Å². The van der Waals surface area contributed by atoms with Gasteiger partial charge in [0.25, 0.3) is 5.82 Å². The van der Waals surface area contributed by atoms with Crippen LogP contribution in [0.2, 0.25) is 0 Å². The van der Waals surface area contributed by atoms with Crippen molar-refractivity contribution in [1.82, 2.24) is 20.2 Å². The number of amides is 1. The molecule has 0 fully saturated rings. The van der Waals surface area contributed by atoms with Crippen molar-refractivity contribution in [3.05, 3.63) is 77.9 Å². The molecule has 0 bridgehead atoms. The molecule has 0 aliphatic carbocycles. The molecular formula is C28H29N7O4. The number of aromatic nitrogens is 4. The Morgan fingerprint density at radius 2 is 1.72 bits per heavy atom. The summed E-state index contributed by atoms with van der Waals surface area (Å²) in [6.07, 6.45) is 2.33.